The summed E-state index contributed by atoms with van der Waals surface area (Å²) in [7, 11) is 1.57. The van der Waals surface area contributed by atoms with Gasteiger partial charge in [0, 0.05) is 5.69 Å². The van der Waals surface area contributed by atoms with Gasteiger partial charge in [0.05, 0.1) is 7.11 Å². The minimum Gasteiger partial charge on any atom is -0.497 e. The van der Waals surface area contributed by atoms with E-state index in [0.717, 1.165) is 5.56 Å². The molecule has 1 atom stereocenters. The molecule has 6 heteroatoms. The molecule has 0 unspecified atom stereocenters. The lowest BCUT2D eigenvalue weighted by atomic mass is 10.1. The summed E-state index contributed by atoms with van der Waals surface area (Å²) >= 11 is 0. The lowest BCUT2D eigenvalue weighted by Gasteiger charge is -2.15. The van der Waals surface area contributed by atoms with E-state index < -0.39 is 18.0 Å². The van der Waals surface area contributed by atoms with Crippen molar-refractivity contribution < 1.29 is 19.4 Å². The molecule has 1 aromatic rings. The number of hydrogen-bond donors (Lipinski definition) is 3. The molecule has 0 bridgehead atoms. The number of hydrogen-bond acceptors (Lipinski definition) is 3. The van der Waals surface area contributed by atoms with E-state index in [4.69, 9.17) is 9.84 Å². The number of amides is 2. The van der Waals surface area contributed by atoms with Crippen molar-refractivity contribution in [1.29, 1.82) is 0 Å². The van der Waals surface area contributed by atoms with Gasteiger partial charge in [-0.1, -0.05) is 13.3 Å². The number of anilines is 1. The highest BCUT2D eigenvalue weighted by Crippen LogP contribution is 2.20. The molecule has 0 aromatic heterocycles. The summed E-state index contributed by atoms with van der Waals surface area (Å²) in [6, 6.07) is 3.82. The Labute approximate surface area is 118 Å². The van der Waals surface area contributed by atoms with Crippen molar-refractivity contribution in [3.8, 4) is 5.75 Å². The van der Waals surface area contributed by atoms with Crippen molar-refractivity contribution >= 4 is 17.7 Å². The van der Waals surface area contributed by atoms with Crippen LogP contribution in [-0.2, 0) is 4.79 Å². The first-order chi connectivity index (χ1) is 9.47. The summed E-state index contributed by atoms with van der Waals surface area (Å²) in [4.78, 5) is 22.8. The van der Waals surface area contributed by atoms with Gasteiger partial charge in [-0.3, -0.25) is 0 Å². The number of rotatable bonds is 6. The number of carboxylic acid groups (broad SMARTS) is 1. The largest absolute Gasteiger partial charge is 0.497 e. The summed E-state index contributed by atoms with van der Waals surface area (Å²) in [6.45, 7) is 3.70. The highest BCUT2D eigenvalue weighted by Gasteiger charge is 2.18. The number of aryl methyl sites for hydroxylation is 1. The number of methoxy groups -OCH3 is 1. The molecule has 1 aromatic carbocycles. The van der Waals surface area contributed by atoms with Gasteiger partial charge in [-0.05, 0) is 37.1 Å². The molecule has 0 radical (unpaired) electrons. The van der Waals surface area contributed by atoms with Crippen LogP contribution in [0.25, 0.3) is 0 Å². The van der Waals surface area contributed by atoms with Gasteiger partial charge in [0.1, 0.15) is 11.8 Å². The number of carbonyl (C=O) groups is 2. The second-order valence-electron chi connectivity index (χ2n) is 4.46. The van der Waals surface area contributed by atoms with Gasteiger partial charge in [0.15, 0.2) is 0 Å². The number of ether oxygens (including phenoxy) is 1. The molecule has 2 amide bonds. The Bertz CT molecular complexity index is 488. The number of carbonyl (C=O) groups excluding carboxylic acids is 1. The van der Waals surface area contributed by atoms with Gasteiger partial charge in [-0.2, -0.15) is 0 Å². The van der Waals surface area contributed by atoms with Crippen molar-refractivity contribution in [2.45, 2.75) is 32.7 Å². The number of urea groups is 1. The van der Waals surface area contributed by atoms with Gasteiger partial charge < -0.3 is 20.5 Å². The van der Waals surface area contributed by atoms with Gasteiger partial charge in [0.2, 0.25) is 0 Å². The van der Waals surface area contributed by atoms with Gasteiger partial charge in [0.25, 0.3) is 0 Å². The van der Waals surface area contributed by atoms with Crippen LogP contribution < -0.4 is 15.4 Å². The SMILES string of the molecule is CCC[C@@H](NC(=O)Nc1ccc(OC)cc1C)C(=O)O. The molecule has 110 valence electrons. The first-order valence-corrected chi connectivity index (χ1v) is 6.42. The molecule has 0 saturated carbocycles. The van der Waals surface area contributed by atoms with Crippen molar-refractivity contribution in [1.82, 2.24) is 5.32 Å². The van der Waals surface area contributed by atoms with E-state index in [1.807, 2.05) is 13.8 Å². The van der Waals surface area contributed by atoms with Crippen LogP contribution in [0, 0.1) is 6.92 Å². The molecule has 6 nitrogen and oxygen atoms in total. The van der Waals surface area contributed by atoms with Crippen molar-refractivity contribution in [3.63, 3.8) is 0 Å². The quantitative estimate of drug-likeness (QED) is 0.746. The monoisotopic (exact) mass is 280 g/mol. The zero-order valence-electron chi connectivity index (χ0n) is 11.9. The minimum atomic E-state index is -1.03. The predicted octanol–water partition coefficient (Wildman–Crippen LogP) is 2.38. The molecule has 0 aliphatic rings. The van der Waals surface area contributed by atoms with E-state index in [-0.39, 0.29) is 0 Å². The predicted molar refractivity (Wildman–Crippen MR) is 76.2 cm³/mol. The third-order valence-electron chi connectivity index (χ3n) is 2.86. The Morgan fingerprint density at radius 1 is 1.40 bits per heavy atom. The average molecular weight is 280 g/mol. The lowest BCUT2D eigenvalue weighted by Crippen LogP contribution is -2.42. The zero-order valence-corrected chi connectivity index (χ0v) is 11.9. The van der Waals surface area contributed by atoms with E-state index >= 15 is 0 Å². The van der Waals surface area contributed by atoms with Crippen LogP contribution in [-0.4, -0.2) is 30.3 Å². The third kappa shape index (κ3) is 4.46. The van der Waals surface area contributed by atoms with Crippen LogP contribution in [0.1, 0.15) is 25.3 Å². The van der Waals surface area contributed by atoms with Crippen LogP contribution in [0.4, 0.5) is 10.5 Å². The van der Waals surface area contributed by atoms with Crippen molar-refractivity contribution in [2.75, 3.05) is 12.4 Å². The molecule has 3 N–H and O–H groups in total. The Morgan fingerprint density at radius 3 is 2.60 bits per heavy atom. The molecule has 0 heterocycles. The summed E-state index contributed by atoms with van der Waals surface area (Å²) in [5.41, 5.74) is 1.45. The summed E-state index contributed by atoms with van der Waals surface area (Å²) in [6.07, 6.45) is 1.07. The molecule has 0 aliphatic carbocycles. The first kappa shape index (κ1) is 15.8. The number of carboxylic acids is 1. The van der Waals surface area contributed by atoms with E-state index in [1.165, 1.54) is 0 Å². The van der Waals surface area contributed by atoms with E-state index in [9.17, 15) is 9.59 Å². The molecular weight excluding hydrogens is 260 g/mol. The standard InChI is InChI=1S/C14H20N2O4/c1-4-5-12(13(17)18)16-14(19)15-11-7-6-10(20-3)8-9(11)2/h6-8,12H,4-5H2,1-3H3,(H,17,18)(H2,15,16,19)/t12-/m1/s1. The maximum absolute atomic E-state index is 11.8. The third-order valence-corrected chi connectivity index (χ3v) is 2.86. The fraction of sp³-hybridized carbons (Fsp3) is 0.429. The molecule has 0 aliphatic heterocycles. The van der Waals surface area contributed by atoms with Gasteiger partial charge in [-0.15, -0.1) is 0 Å². The van der Waals surface area contributed by atoms with Crippen molar-refractivity contribution in [2.24, 2.45) is 0 Å². The Balaban J connectivity index is 2.68. The minimum absolute atomic E-state index is 0.393. The second kappa shape index (κ2) is 7.37. The molecular formula is C14H20N2O4. The number of benzene rings is 1. The summed E-state index contributed by atoms with van der Waals surface area (Å²) in [5.74, 6) is -0.337. The average Bonchev–Trinajstić information content (AvgIpc) is 2.40. The van der Waals surface area contributed by atoms with Crippen LogP contribution in [0.5, 0.6) is 5.75 Å². The lowest BCUT2D eigenvalue weighted by molar-refractivity contribution is -0.139. The van der Waals surface area contributed by atoms with Crippen molar-refractivity contribution in [3.05, 3.63) is 23.8 Å². The van der Waals surface area contributed by atoms with Crippen LogP contribution in [0.2, 0.25) is 0 Å². The fourth-order valence-corrected chi connectivity index (χ4v) is 1.77. The molecule has 0 fully saturated rings. The highest BCUT2D eigenvalue weighted by molar-refractivity contribution is 5.92. The van der Waals surface area contributed by atoms with E-state index in [2.05, 4.69) is 10.6 Å². The maximum Gasteiger partial charge on any atom is 0.326 e. The Morgan fingerprint density at radius 2 is 2.10 bits per heavy atom. The topological polar surface area (TPSA) is 87.7 Å². The maximum atomic E-state index is 11.8. The highest BCUT2D eigenvalue weighted by atomic mass is 16.5. The normalized spacial score (nSPS) is 11.6. The number of nitrogens with one attached hydrogen (secondary N) is 2. The van der Waals surface area contributed by atoms with Crippen LogP contribution >= 0.6 is 0 Å². The van der Waals surface area contributed by atoms with E-state index in [1.54, 1.807) is 25.3 Å². The summed E-state index contributed by atoms with van der Waals surface area (Å²) in [5, 5.41) is 14.1. The Hall–Kier alpha value is -2.24. The zero-order chi connectivity index (χ0) is 15.1. The molecule has 1 rings (SSSR count). The first-order valence-electron chi connectivity index (χ1n) is 6.42. The van der Waals surface area contributed by atoms with E-state index in [0.29, 0.717) is 24.3 Å². The number of aliphatic carboxylic acids is 1. The molecule has 20 heavy (non-hydrogen) atoms. The summed E-state index contributed by atoms with van der Waals surface area (Å²) < 4.78 is 5.08. The second-order valence-corrected chi connectivity index (χ2v) is 4.46. The Kier molecular flexibility index (Phi) is 5.83. The molecule has 0 saturated heterocycles. The van der Waals surface area contributed by atoms with Gasteiger partial charge >= 0.3 is 12.0 Å². The van der Waals surface area contributed by atoms with Crippen LogP contribution in [0.3, 0.4) is 0 Å². The van der Waals surface area contributed by atoms with Gasteiger partial charge in [-0.25, -0.2) is 9.59 Å². The smallest absolute Gasteiger partial charge is 0.326 e. The fourth-order valence-electron chi connectivity index (χ4n) is 1.77. The van der Waals surface area contributed by atoms with Crippen LogP contribution in [0.15, 0.2) is 18.2 Å². The molecule has 0 spiro atoms.